The van der Waals surface area contributed by atoms with Crippen molar-refractivity contribution < 1.29 is 0 Å². The number of aromatic nitrogens is 1. The Morgan fingerprint density at radius 2 is 1.85 bits per heavy atom. The van der Waals surface area contributed by atoms with Gasteiger partial charge in [0.2, 0.25) is 0 Å². The summed E-state index contributed by atoms with van der Waals surface area (Å²) in [6, 6.07) is 10.5. The molecule has 0 spiro atoms. The topological polar surface area (TPSA) is 38.9 Å². The molecule has 0 saturated heterocycles. The third-order valence-electron chi connectivity index (χ3n) is 4.31. The summed E-state index contributed by atoms with van der Waals surface area (Å²) < 4.78 is 0. The first-order chi connectivity index (χ1) is 9.78. The second-order valence-corrected chi connectivity index (χ2v) is 6.89. The molecule has 3 rings (SSSR count). The number of thiazole rings is 1. The van der Waals surface area contributed by atoms with E-state index in [2.05, 4.69) is 37.3 Å². The van der Waals surface area contributed by atoms with E-state index in [0.717, 1.165) is 11.6 Å². The van der Waals surface area contributed by atoms with Gasteiger partial charge in [-0.3, -0.25) is 0 Å². The molecule has 1 aromatic carbocycles. The average Bonchev–Trinajstić information content (AvgIpc) is 2.93. The maximum atomic E-state index is 5.90. The second kappa shape index (κ2) is 6.06. The number of hydrogen-bond donors (Lipinski definition) is 1. The summed E-state index contributed by atoms with van der Waals surface area (Å²) in [5.41, 5.74) is 8.21. The van der Waals surface area contributed by atoms with Crippen LogP contribution in [0, 0.1) is 5.92 Å². The molecule has 2 N–H and O–H groups in total. The summed E-state index contributed by atoms with van der Waals surface area (Å²) >= 11 is 1.85. The minimum atomic E-state index is 0.532. The van der Waals surface area contributed by atoms with Gasteiger partial charge in [0.25, 0.3) is 0 Å². The first-order valence-electron chi connectivity index (χ1n) is 7.53. The molecule has 0 aliphatic heterocycles. The average molecular weight is 286 g/mol. The molecule has 106 valence electrons. The van der Waals surface area contributed by atoms with E-state index in [4.69, 9.17) is 10.7 Å². The van der Waals surface area contributed by atoms with Gasteiger partial charge in [0, 0.05) is 12.5 Å². The Hall–Kier alpha value is -1.19. The molecule has 20 heavy (non-hydrogen) atoms. The van der Waals surface area contributed by atoms with Crippen LogP contribution < -0.4 is 5.73 Å². The first kappa shape index (κ1) is 13.8. The van der Waals surface area contributed by atoms with Gasteiger partial charge < -0.3 is 5.73 Å². The molecule has 1 aliphatic carbocycles. The highest BCUT2D eigenvalue weighted by molar-refractivity contribution is 7.15. The smallest absolute Gasteiger partial charge is 0.0966 e. The van der Waals surface area contributed by atoms with Gasteiger partial charge in [-0.25, -0.2) is 4.98 Å². The van der Waals surface area contributed by atoms with Crippen LogP contribution in [0.1, 0.15) is 49.2 Å². The predicted octanol–water partition coefficient (Wildman–Crippen LogP) is 4.56. The minimum Gasteiger partial charge on any atom is -0.325 e. The fourth-order valence-corrected chi connectivity index (χ4v) is 4.27. The molecule has 0 unspecified atom stereocenters. The van der Waals surface area contributed by atoms with E-state index in [9.17, 15) is 0 Å². The molecule has 0 amide bonds. The van der Waals surface area contributed by atoms with Crippen molar-refractivity contribution in [1.29, 1.82) is 0 Å². The zero-order valence-corrected chi connectivity index (χ0v) is 12.8. The minimum absolute atomic E-state index is 0.532. The van der Waals surface area contributed by atoms with Crippen molar-refractivity contribution in [2.75, 3.05) is 0 Å². The van der Waals surface area contributed by atoms with Crippen molar-refractivity contribution in [2.24, 2.45) is 11.7 Å². The number of rotatable bonds is 3. The lowest BCUT2D eigenvalue weighted by atomic mass is 9.83. The molecule has 1 aromatic heterocycles. The number of hydrogen-bond acceptors (Lipinski definition) is 3. The molecule has 1 fully saturated rings. The number of nitrogens with zero attached hydrogens (tertiary/aromatic N) is 1. The van der Waals surface area contributed by atoms with Crippen LogP contribution in [-0.4, -0.2) is 4.98 Å². The van der Waals surface area contributed by atoms with E-state index in [0.29, 0.717) is 12.5 Å². The van der Waals surface area contributed by atoms with Gasteiger partial charge >= 0.3 is 0 Å². The van der Waals surface area contributed by atoms with Crippen molar-refractivity contribution >= 4 is 11.3 Å². The molecule has 0 bridgehead atoms. The molecule has 1 heterocycles. The zero-order valence-electron chi connectivity index (χ0n) is 12.0. The molecule has 1 saturated carbocycles. The fraction of sp³-hybridized carbons (Fsp3) is 0.471. The normalized spacial score (nSPS) is 22.9. The van der Waals surface area contributed by atoms with Crippen molar-refractivity contribution in [3.8, 4) is 10.4 Å². The molecule has 2 aromatic rings. The summed E-state index contributed by atoms with van der Waals surface area (Å²) in [7, 11) is 0. The molecular weight excluding hydrogens is 264 g/mol. The second-order valence-electron chi connectivity index (χ2n) is 5.85. The summed E-state index contributed by atoms with van der Waals surface area (Å²) in [6.45, 7) is 2.89. The summed E-state index contributed by atoms with van der Waals surface area (Å²) in [6.07, 6.45) is 5.24. The fourth-order valence-electron chi connectivity index (χ4n) is 3.01. The van der Waals surface area contributed by atoms with E-state index in [1.807, 2.05) is 11.3 Å². The van der Waals surface area contributed by atoms with Gasteiger partial charge in [0.1, 0.15) is 0 Å². The maximum absolute atomic E-state index is 5.90. The lowest BCUT2D eigenvalue weighted by molar-refractivity contribution is 0.347. The molecule has 1 aliphatic rings. The molecule has 3 heteroatoms. The van der Waals surface area contributed by atoms with Crippen LogP contribution in [0.2, 0.25) is 0 Å². The molecule has 2 nitrogen and oxygen atoms in total. The third-order valence-corrected chi connectivity index (χ3v) is 5.62. The Kier molecular flexibility index (Phi) is 4.18. The van der Waals surface area contributed by atoms with Crippen LogP contribution in [-0.2, 0) is 6.54 Å². The van der Waals surface area contributed by atoms with Crippen LogP contribution >= 0.6 is 11.3 Å². The SMILES string of the molecule is CC1CCC(c2nc(CN)c(-c3ccccc3)s2)CC1. The van der Waals surface area contributed by atoms with Crippen LogP contribution in [0.5, 0.6) is 0 Å². The Bertz CT molecular complexity index is 554. The van der Waals surface area contributed by atoms with Gasteiger partial charge in [-0.05, 0) is 24.3 Å². The monoisotopic (exact) mass is 286 g/mol. The van der Waals surface area contributed by atoms with E-state index >= 15 is 0 Å². The van der Waals surface area contributed by atoms with Gasteiger partial charge in [-0.2, -0.15) is 0 Å². The summed E-state index contributed by atoms with van der Waals surface area (Å²) in [4.78, 5) is 6.11. The lowest BCUT2D eigenvalue weighted by Crippen LogP contribution is -2.10. The van der Waals surface area contributed by atoms with Gasteiger partial charge in [-0.15, -0.1) is 11.3 Å². The van der Waals surface area contributed by atoms with E-state index in [1.54, 1.807) is 0 Å². The van der Waals surface area contributed by atoms with E-state index < -0.39 is 0 Å². The van der Waals surface area contributed by atoms with Crippen LogP contribution in [0.4, 0.5) is 0 Å². The third kappa shape index (κ3) is 2.79. The predicted molar refractivity (Wildman–Crippen MR) is 85.8 cm³/mol. The van der Waals surface area contributed by atoms with Gasteiger partial charge in [0.05, 0.1) is 15.6 Å². The van der Waals surface area contributed by atoms with Crippen LogP contribution in [0.15, 0.2) is 30.3 Å². The van der Waals surface area contributed by atoms with Crippen molar-refractivity contribution in [1.82, 2.24) is 4.98 Å². The quantitative estimate of drug-likeness (QED) is 0.898. The van der Waals surface area contributed by atoms with E-state index in [1.165, 1.54) is 41.1 Å². The highest BCUT2D eigenvalue weighted by Crippen LogP contribution is 2.40. The molecule has 0 radical (unpaired) electrons. The largest absolute Gasteiger partial charge is 0.325 e. The van der Waals surface area contributed by atoms with Gasteiger partial charge in [-0.1, -0.05) is 50.1 Å². The summed E-state index contributed by atoms with van der Waals surface area (Å²) in [5.74, 6) is 1.53. The maximum Gasteiger partial charge on any atom is 0.0966 e. The van der Waals surface area contributed by atoms with Crippen molar-refractivity contribution in [3.05, 3.63) is 41.0 Å². The number of nitrogens with two attached hydrogens (primary N) is 1. The standard InChI is InChI=1S/C17H22N2S/c1-12-7-9-14(10-8-12)17-19-15(11-18)16(20-17)13-5-3-2-4-6-13/h2-6,12,14H,7-11,18H2,1H3. The van der Waals surface area contributed by atoms with Crippen molar-refractivity contribution in [3.63, 3.8) is 0 Å². The Morgan fingerprint density at radius 3 is 2.50 bits per heavy atom. The Morgan fingerprint density at radius 1 is 1.15 bits per heavy atom. The zero-order chi connectivity index (χ0) is 13.9. The Labute approximate surface area is 125 Å². The lowest BCUT2D eigenvalue weighted by Gasteiger charge is -2.24. The summed E-state index contributed by atoms with van der Waals surface area (Å²) in [5, 5.41) is 1.30. The molecular formula is C17H22N2S. The van der Waals surface area contributed by atoms with Crippen LogP contribution in [0.3, 0.4) is 0 Å². The first-order valence-corrected chi connectivity index (χ1v) is 8.34. The molecule has 0 atom stereocenters. The number of benzene rings is 1. The van der Waals surface area contributed by atoms with E-state index in [-0.39, 0.29) is 0 Å². The van der Waals surface area contributed by atoms with Gasteiger partial charge in [0.15, 0.2) is 0 Å². The highest BCUT2D eigenvalue weighted by Gasteiger charge is 2.24. The van der Waals surface area contributed by atoms with Crippen LogP contribution in [0.25, 0.3) is 10.4 Å². The highest BCUT2D eigenvalue weighted by atomic mass is 32.1. The van der Waals surface area contributed by atoms with Crippen molar-refractivity contribution in [2.45, 2.75) is 45.1 Å². The Balaban J connectivity index is 1.89.